The van der Waals surface area contributed by atoms with Gasteiger partial charge in [0, 0.05) is 4.88 Å². The van der Waals surface area contributed by atoms with Crippen molar-refractivity contribution in [2.75, 3.05) is 0 Å². The van der Waals surface area contributed by atoms with Crippen LogP contribution in [0, 0.1) is 11.3 Å². The number of hydrogen-bond acceptors (Lipinski definition) is 4. The molecule has 3 nitrogen and oxygen atoms in total. The van der Waals surface area contributed by atoms with Crippen LogP contribution in [0.5, 0.6) is 0 Å². The second-order valence-electron chi connectivity index (χ2n) is 1.71. The smallest absolute Gasteiger partial charge is 0.110 e. The molecule has 0 saturated heterocycles. The quantitative estimate of drug-likeness (QED) is 0.627. The van der Waals surface area contributed by atoms with E-state index in [0.29, 0.717) is 11.4 Å². The lowest BCUT2D eigenvalue weighted by Gasteiger charge is -1.88. The van der Waals surface area contributed by atoms with Gasteiger partial charge in [-0.3, -0.25) is 0 Å². The molecule has 1 aromatic heterocycles. The molecule has 0 radical (unpaired) electrons. The third-order valence-electron chi connectivity index (χ3n) is 1.03. The Morgan fingerprint density at radius 3 is 3.00 bits per heavy atom. The molecule has 4 heteroatoms. The van der Waals surface area contributed by atoms with Gasteiger partial charge in [0.05, 0.1) is 6.54 Å². The zero-order chi connectivity index (χ0) is 7.40. The maximum Gasteiger partial charge on any atom is 0.110 e. The number of nitriles is 1. The van der Waals surface area contributed by atoms with Crippen molar-refractivity contribution in [1.82, 2.24) is 5.48 Å². The standard InChI is InChI=1S/C6H6N2OS/c7-3-5-1-2-6(10-5)4-8-9/h1-2,8-9H,4H2. The van der Waals surface area contributed by atoms with Gasteiger partial charge < -0.3 is 5.21 Å². The number of thiophene rings is 1. The summed E-state index contributed by atoms with van der Waals surface area (Å²) in [7, 11) is 0. The SMILES string of the molecule is N#Cc1ccc(CNO)s1. The molecule has 0 bridgehead atoms. The van der Waals surface area contributed by atoms with Crippen LogP contribution in [0.25, 0.3) is 0 Å². The van der Waals surface area contributed by atoms with E-state index in [1.807, 2.05) is 17.6 Å². The zero-order valence-corrected chi connectivity index (χ0v) is 5.98. The van der Waals surface area contributed by atoms with Crippen LogP contribution in [-0.2, 0) is 6.54 Å². The summed E-state index contributed by atoms with van der Waals surface area (Å²) in [4.78, 5) is 1.63. The molecule has 52 valence electrons. The minimum absolute atomic E-state index is 0.409. The highest BCUT2D eigenvalue weighted by Gasteiger charge is 1.96. The first-order valence-corrected chi connectivity index (χ1v) is 3.54. The maximum absolute atomic E-state index is 8.40. The topological polar surface area (TPSA) is 56.0 Å². The van der Waals surface area contributed by atoms with Crippen molar-refractivity contribution in [2.24, 2.45) is 0 Å². The van der Waals surface area contributed by atoms with E-state index in [0.717, 1.165) is 4.88 Å². The average Bonchev–Trinajstić information content (AvgIpc) is 2.37. The summed E-state index contributed by atoms with van der Waals surface area (Å²) in [5.41, 5.74) is 2.02. The van der Waals surface area contributed by atoms with Crippen LogP contribution in [0.15, 0.2) is 12.1 Å². The van der Waals surface area contributed by atoms with Crippen LogP contribution in [-0.4, -0.2) is 5.21 Å². The highest BCUT2D eigenvalue weighted by molar-refractivity contribution is 7.12. The predicted octanol–water partition coefficient (Wildman–Crippen LogP) is 1.10. The Balaban J connectivity index is 2.71. The molecule has 0 fully saturated rings. The average molecular weight is 154 g/mol. The van der Waals surface area contributed by atoms with Crippen molar-refractivity contribution in [3.8, 4) is 6.07 Å². The lowest BCUT2D eigenvalue weighted by atomic mass is 10.4. The molecule has 0 aromatic carbocycles. The third-order valence-corrected chi connectivity index (χ3v) is 2.02. The Hall–Kier alpha value is -0.890. The largest absolute Gasteiger partial charge is 0.316 e. The van der Waals surface area contributed by atoms with Crippen molar-refractivity contribution in [2.45, 2.75) is 6.54 Å². The number of hydrogen-bond donors (Lipinski definition) is 2. The molecule has 1 heterocycles. The van der Waals surface area contributed by atoms with Gasteiger partial charge >= 0.3 is 0 Å². The molecule has 0 unspecified atom stereocenters. The van der Waals surface area contributed by atoms with Gasteiger partial charge in [-0.05, 0) is 12.1 Å². The normalized spacial score (nSPS) is 9.20. The van der Waals surface area contributed by atoms with Gasteiger partial charge in [0.15, 0.2) is 0 Å². The fourth-order valence-electron chi connectivity index (χ4n) is 0.611. The molecule has 10 heavy (non-hydrogen) atoms. The summed E-state index contributed by atoms with van der Waals surface area (Å²) < 4.78 is 0. The summed E-state index contributed by atoms with van der Waals surface area (Å²) in [6, 6.07) is 5.56. The van der Waals surface area contributed by atoms with Gasteiger partial charge in [0.2, 0.25) is 0 Å². The van der Waals surface area contributed by atoms with Crippen LogP contribution < -0.4 is 5.48 Å². The molecule has 0 spiro atoms. The molecule has 1 rings (SSSR count). The summed E-state index contributed by atoms with van der Waals surface area (Å²) >= 11 is 1.37. The summed E-state index contributed by atoms with van der Waals surface area (Å²) in [5.74, 6) is 0. The Bertz CT molecular complexity index is 250. The van der Waals surface area contributed by atoms with Crippen LogP contribution >= 0.6 is 11.3 Å². The van der Waals surface area contributed by atoms with E-state index < -0.39 is 0 Å². The van der Waals surface area contributed by atoms with E-state index >= 15 is 0 Å². The predicted molar refractivity (Wildman–Crippen MR) is 37.7 cm³/mol. The van der Waals surface area contributed by atoms with Crippen molar-refractivity contribution >= 4 is 11.3 Å². The van der Waals surface area contributed by atoms with Gasteiger partial charge in [-0.15, -0.1) is 11.3 Å². The second-order valence-corrected chi connectivity index (χ2v) is 2.88. The Kier molecular flexibility index (Phi) is 2.40. The number of nitrogens with one attached hydrogen (secondary N) is 1. The van der Waals surface area contributed by atoms with Crippen LogP contribution in [0.4, 0.5) is 0 Å². The van der Waals surface area contributed by atoms with Gasteiger partial charge in [-0.2, -0.15) is 5.26 Å². The molecule has 0 atom stereocenters. The lowest BCUT2D eigenvalue weighted by Crippen LogP contribution is -2.03. The molecule has 0 aliphatic heterocycles. The molecule has 0 amide bonds. The van der Waals surface area contributed by atoms with E-state index in [1.54, 1.807) is 6.07 Å². The van der Waals surface area contributed by atoms with Crippen molar-refractivity contribution in [3.05, 3.63) is 21.9 Å². The second kappa shape index (κ2) is 3.32. The van der Waals surface area contributed by atoms with Gasteiger partial charge in [-0.25, -0.2) is 5.48 Å². The molecule has 0 aliphatic rings. The summed E-state index contributed by atoms with van der Waals surface area (Å²) in [6.07, 6.45) is 0. The van der Waals surface area contributed by atoms with E-state index in [4.69, 9.17) is 10.5 Å². The summed E-state index contributed by atoms with van der Waals surface area (Å²) in [6.45, 7) is 0.409. The minimum Gasteiger partial charge on any atom is -0.316 e. The summed E-state index contributed by atoms with van der Waals surface area (Å²) in [5, 5.41) is 16.7. The highest BCUT2D eigenvalue weighted by atomic mass is 32.1. The van der Waals surface area contributed by atoms with E-state index in [1.165, 1.54) is 11.3 Å². The monoisotopic (exact) mass is 154 g/mol. The van der Waals surface area contributed by atoms with Gasteiger partial charge in [0.1, 0.15) is 10.9 Å². The fourth-order valence-corrected chi connectivity index (χ4v) is 1.35. The van der Waals surface area contributed by atoms with Crippen LogP contribution in [0.3, 0.4) is 0 Å². The Morgan fingerprint density at radius 2 is 2.50 bits per heavy atom. The van der Waals surface area contributed by atoms with Crippen LogP contribution in [0.1, 0.15) is 9.75 Å². The van der Waals surface area contributed by atoms with Gasteiger partial charge in [-0.1, -0.05) is 0 Å². The van der Waals surface area contributed by atoms with Crippen LogP contribution in [0.2, 0.25) is 0 Å². The van der Waals surface area contributed by atoms with E-state index in [2.05, 4.69) is 0 Å². The first kappa shape index (κ1) is 7.22. The third kappa shape index (κ3) is 1.54. The molecule has 2 N–H and O–H groups in total. The zero-order valence-electron chi connectivity index (χ0n) is 5.16. The van der Waals surface area contributed by atoms with E-state index in [9.17, 15) is 0 Å². The highest BCUT2D eigenvalue weighted by Crippen LogP contribution is 2.14. The van der Waals surface area contributed by atoms with E-state index in [-0.39, 0.29) is 0 Å². The number of hydroxylamine groups is 1. The number of rotatable bonds is 2. The van der Waals surface area contributed by atoms with Crippen molar-refractivity contribution < 1.29 is 5.21 Å². The maximum atomic E-state index is 8.40. The fraction of sp³-hybridized carbons (Fsp3) is 0.167. The lowest BCUT2D eigenvalue weighted by molar-refractivity contribution is 0.162. The Labute approximate surface area is 62.5 Å². The molecule has 1 aromatic rings. The van der Waals surface area contributed by atoms with Gasteiger partial charge in [0.25, 0.3) is 0 Å². The molecule has 0 aliphatic carbocycles. The molecule has 0 saturated carbocycles. The first-order chi connectivity index (χ1) is 4.86. The van der Waals surface area contributed by atoms with Crippen molar-refractivity contribution in [1.29, 1.82) is 5.26 Å². The molecular weight excluding hydrogens is 148 g/mol. The minimum atomic E-state index is 0.409. The Morgan fingerprint density at radius 1 is 1.70 bits per heavy atom. The first-order valence-electron chi connectivity index (χ1n) is 2.72. The number of nitrogens with zero attached hydrogens (tertiary/aromatic N) is 1. The molecular formula is C6H6N2OS. The van der Waals surface area contributed by atoms with Crippen molar-refractivity contribution in [3.63, 3.8) is 0 Å².